The maximum Gasteiger partial charge on any atom is 0.337 e. The molecule has 0 unspecified atom stereocenters. The molecule has 0 aliphatic rings. The van der Waals surface area contributed by atoms with Crippen LogP contribution in [0.25, 0.3) is 0 Å². The van der Waals surface area contributed by atoms with Gasteiger partial charge in [-0.2, -0.15) is 0 Å². The van der Waals surface area contributed by atoms with E-state index in [1.807, 2.05) is 0 Å². The van der Waals surface area contributed by atoms with Crippen molar-refractivity contribution >= 4 is 29.1 Å². The molecular weight excluding hydrogens is 351 g/mol. The number of carbonyl (C=O) groups is 2. The summed E-state index contributed by atoms with van der Waals surface area (Å²) in [7, 11) is 1.32. The number of rotatable bonds is 5. The fourth-order valence-electron chi connectivity index (χ4n) is 2.19. The molecule has 2 N–H and O–H groups in total. The van der Waals surface area contributed by atoms with Crippen LogP contribution in [0.5, 0.6) is 0 Å². The van der Waals surface area contributed by atoms with E-state index >= 15 is 0 Å². The largest absolute Gasteiger partial charge is 0.465 e. The first-order valence-electron chi connectivity index (χ1n) is 7.89. The van der Waals surface area contributed by atoms with E-state index in [4.69, 9.17) is 0 Å². The quantitative estimate of drug-likeness (QED) is 0.672. The molecule has 3 rings (SSSR count). The number of ether oxygens (including phenoxy) is 1. The maximum absolute atomic E-state index is 12.9. The van der Waals surface area contributed by atoms with Gasteiger partial charge in [-0.05, 0) is 48.5 Å². The molecule has 27 heavy (non-hydrogen) atoms. The topological polar surface area (TPSA) is 93.2 Å². The smallest absolute Gasteiger partial charge is 0.337 e. The van der Waals surface area contributed by atoms with Gasteiger partial charge in [-0.3, -0.25) is 4.79 Å². The zero-order valence-electron chi connectivity index (χ0n) is 14.3. The SMILES string of the molecule is COC(=O)c1ccc(Nc2cnc(C(=O)Nc3ccc(F)cc3)cn2)cc1. The first-order valence-corrected chi connectivity index (χ1v) is 7.89. The Balaban J connectivity index is 1.63. The summed E-state index contributed by atoms with van der Waals surface area (Å²) < 4.78 is 17.5. The van der Waals surface area contributed by atoms with Gasteiger partial charge in [-0.1, -0.05) is 0 Å². The van der Waals surface area contributed by atoms with Crippen LogP contribution < -0.4 is 10.6 Å². The van der Waals surface area contributed by atoms with Crippen molar-refractivity contribution in [1.29, 1.82) is 0 Å². The Morgan fingerprint density at radius 2 is 1.59 bits per heavy atom. The molecule has 1 amide bonds. The van der Waals surface area contributed by atoms with Crippen molar-refractivity contribution in [2.24, 2.45) is 0 Å². The third-order valence-electron chi connectivity index (χ3n) is 3.56. The van der Waals surface area contributed by atoms with Crippen molar-refractivity contribution in [3.05, 3.63) is 78.0 Å². The molecule has 0 aliphatic carbocycles. The normalized spacial score (nSPS) is 10.1. The van der Waals surface area contributed by atoms with E-state index in [1.54, 1.807) is 24.3 Å². The number of carbonyl (C=O) groups excluding carboxylic acids is 2. The van der Waals surface area contributed by atoms with Gasteiger partial charge in [0, 0.05) is 11.4 Å². The molecule has 8 heteroatoms. The molecule has 0 bridgehead atoms. The summed E-state index contributed by atoms with van der Waals surface area (Å²) in [5, 5.41) is 5.62. The molecule has 2 aromatic carbocycles. The lowest BCUT2D eigenvalue weighted by molar-refractivity contribution is 0.0600. The fraction of sp³-hybridized carbons (Fsp3) is 0.0526. The number of nitrogens with one attached hydrogen (secondary N) is 2. The van der Waals surface area contributed by atoms with E-state index in [0.29, 0.717) is 22.8 Å². The molecule has 0 aliphatic heterocycles. The van der Waals surface area contributed by atoms with Crippen molar-refractivity contribution < 1.29 is 18.7 Å². The number of nitrogens with zero attached hydrogens (tertiary/aromatic N) is 2. The molecule has 1 heterocycles. The lowest BCUT2D eigenvalue weighted by Gasteiger charge is -2.07. The summed E-state index contributed by atoms with van der Waals surface area (Å²) in [5.74, 6) is -0.831. The Bertz CT molecular complexity index is 942. The van der Waals surface area contributed by atoms with Gasteiger partial charge in [-0.15, -0.1) is 0 Å². The molecule has 0 saturated carbocycles. The predicted molar refractivity (Wildman–Crippen MR) is 97.4 cm³/mol. The molecule has 1 aromatic heterocycles. The van der Waals surface area contributed by atoms with E-state index in [9.17, 15) is 14.0 Å². The van der Waals surface area contributed by atoms with Crippen LogP contribution in [0.4, 0.5) is 21.6 Å². The van der Waals surface area contributed by atoms with E-state index in [0.717, 1.165) is 0 Å². The van der Waals surface area contributed by atoms with Crippen molar-refractivity contribution in [1.82, 2.24) is 9.97 Å². The fourth-order valence-corrected chi connectivity index (χ4v) is 2.19. The van der Waals surface area contributed by atoms with Crippen LogP contribution in [0.2, 0.25) is 0 Å². The highest BCUT2D eigenvalue weighted by molar-refractivity contribution is 6.02. The van der Waals surface area contributed by atoms with Gasteiger partial charge in [0.25, 0.3) is 5.91 Å². The Hall–Kier alpha value is -3.81. The number of benzene rings is 2. The van der Waals surface area contributed by atoms with Crippen LogP contribution in [-0.2, 0) is 4.74 Å². The van der Waals surface area contributed by atoms with Crippen LogP contribution in [0.1, 0.15) is 20.8 Å². The zero-order chi connectivity index (χ0) is 19.2. The molecule has 136 valence electrons. The van der Waals surface area contributed by atoms with Crippen LogP contribution in [-0.4, -0.2) is 29.0 Å². The van der Waals surface area contributed by atoms with Gasteiger partial charge in [0.2, 0.25) is 0 Å². The molecule has 0 saturated heterocycles. The molecule has 0 spiro atoms. The summed E-state index contributed by atoms with van der Waals surface area (Å²) in [5.41, 5.74) is 1.70. The van der Waals surface area contributed by atoms with E-state index in [2.05, 4.69) is 25.3 Å². The minimum absolute atomic E-state index is 0.117. The summed E-state index contributed by atoms with van der Waals surface area (Å²) >= 11 is 0. The van der Waals surface area contributed by atoms with E-state index < -0.39 is 11.9 Å². The second-order valence-electron chi connectivity index (χ2n) is 5.44. The second kappa shape index (κ2) is 8.05. The first-order chi connectivity index (χ1) is 13.0. The van der Waals surface area contributed by atoms with Crippen LogP contribution in [0, 0.1) is 5.82 Å². The molecule has 0 atom stereocenters. The second-order valence-corrected chi connectivity index (χ2v) is 5.44. The van der Waals surface area contributed by atoms with Crippen LogP contribution in [0.15, 0.2) is 60.9 Å². The molecule has 0 fully saturated rings. The third kappa shape index (κ3) is 4.63. The number of hydrogen-bond acceptors (Lipinski definition) is 6. The summed E-state index contributed by atoms with van der Waals surface area (Å²) in [4.78, 5) is 31.7. The number of aromatic nitrogens is 2. The Morgan fingerprint density at radius 1 is 0.926 bits per heavy atom. The number of anilines is 3. The zero-order valence-corrected chi connectivity index (χ0v) is 14.3. The van der Waals surface area contributed by atoms with Crippen molar-refractivity contribution in [2.75, 3.05) is 17.7 Å². The van der Waals surface area contributed by atoms with Gasteiger partial charge in [-0.25, -0.2) is 19.2 Å². The molecule has 0 radical (unpaired) electrons. The van der Waals surface area contributed by atoms with E-state index in [-0.39, 0.29) is 11.5 Å². The number of methoxy groups -OCH3 is 1. The van der Waals surface area contributed by atoms with Gasteiger partial charge in [0.05, 0.1) is 25.1 Å². The van der Waals surface area contributed by atoms with Gasteiger partial charge in [0.1, 0.15) is 17.3 Å². The minimum atomic E-state index is -0.455. The average Bonchev–Trinajstić information content (AvgIpc) is 2.70. The Labute approximate surface area is 154 Å². The number of amides is 1. The van der Waals surface area contributed by atoms with Crippen molar-refractivity contribution in [2.45, 2.75) is 0 Å². The minimum Gasteiger partial charge on any atom is -0.465 e. The monoisotopic (exact) mass is 366 g/mol. The Kier molecular flexibility index (Phi) is 5.36. The lowest BCUT2D eigenvalue weighted by atomic mass is 10.2. The number of esters is 1. The third-order valence-corrected chi connectivity index (χ3v) is 3.56. The average molecular weight is 366 g/mol. The molecule has 7 nitrogen and oxygen atoms in total. The van der Waals surface area contributed by atoms with E-state index in [1.165, 1.54) is 43.8 Å². The van der Waals surface area contributed by atoms with Gasteiger partial charge >= 0.3 is 5.97 Å². The Morgan fingerprint density at radius 3 is 2.19 bits per heavy atom. The summed E-state index contributed by atoms with van der Waals surface area (Å²) in [6.07, 6.45) is 2.73. The highest BCUT2D eigenvalue weighted by atomic mass is 19.1. The van der Waals surface area contributed by atoms with Crippen LogP contribution >= 0.6 is 0 Å². The summed E-state index contributed by atoms with van der Waals surface area (Å²) in [6, 6.07) is 12.0. The number of hydrogen-bond donors (Lipinski definition) is 2. The van der Waals surface area contributed by atoms with Crippen LogP contribution in [0.3, 0.4) is 0 Å². The molecule has 3 aromatic rings. The molecular formula is C19H15FN4O3. The highest BCUT2D eigenvalue weighted by Gasteiger charge is 2.09. The van der Waals surface area contributed by atoms with Crippen molar-refractivity contribution in [3.8, 4) is 0 Å². The number of halogens is 1. The first kappa shape index (κ1) is 18.0. The lowest BCUT2D eigenvalue weighted by Crippen LogP contribution is -2.14. The van der Waals surface area contributed by atoms with Gasteiger partial charge < -0.3 is 15.4 Å². The van der Waals surface area contributed by atoms with Gasteiger partial charge in [0.15, 0.2) is 0 Å². The standard InChI is InChI=1S/C19H15FN4O3/c1-27-19(26)12-2-6-14(7-3-12)23-17-11-21-16(10-22-17)18(25)24-15-8-4-13(20)5-9-15/h2-11H,1H3,(H,22,23)(H,24,25). The summed E-state index contributed by atoms with van der Waals surface area (Å²) in [6.45, 7) is 0. The highest BCUT2D eigenvalue weighted by Crippen LogP contribution is 2.16. The predicted octanol–water partition coefficient (Wildman–Crippen LogP) is 3.40. The maximum atomic E-state index is 12.9. The van der Waals surface area contributed by atoms with Crippen molar-refractivity contribution in [3.63, 3.8) is 0 Å².